The number of rotatable bonds is 7. The summed E-state index contributed by atoms with van der Waals surface area (Å²) in [5.41, 5.74) is 3.51. The summed E-state index contributed by atoms with van der Waals surface area (Å²) in [5, 5.41) is 6.06. The van der Waals surface area contributed by atoms with Gasteiger partial charge in [-0.3, -0.25) is 4.79 Å². The first-order valence-electron chi connectivity index (χ1n) is 8.71. The third-order valence-corrected chi connectivity index (χ3v) is 4.06. The highest BCUT2D eigenvalue weighted by atomic mass is 16.5. The third-order valence-electron chi connectivity index (χ3n) is 4.06. The summed E-state index contributed by atoms with van der Waals surface area (Å²) < 4.78 is 5.21. The molecule has 1 aromatic heterocycles. The molecule has 0 aliphatic heterocycles. The van der Waals surface area contributed by atoms with Crippen molar-refractivity contribution < 1.29 is 9.53 Å². The summed E-state index contributed by atoms with van der Waals surface area (Å²) in [6.45, 7) is 2.54. The van der Waals surface area contributed by atoms with Crippen LogP contribution in [0.5, 0.6) is 5.75 Å². The van der Waals surface area contributed by atoms with Crippen molar-refractivity contribution in [3.05, 3.63) is 77.7 Å². The van der Waals surface area contributed by atoms with Crippen molar-refractivity contribution in [2.24, 2.45) is 0 Å². The summed E-state index contributed by atoms with van der Waals surface area (Å²) >= 11 is 0. The Bertz CT molecular complexity index is 910. The molecule has 1 heterocycles. The molecule has 2 aromatic carbocycles. The fourth-order valence-electron chi connectivity index (χ4n) is 2.57. The maximum absolute atomic E-state index is 12.4. The van der Waals surface area contributed by atoms with Gasteiger partial charge in [0.2, 0.25) is 0 Å². The number of amides is 1. The number of anilines is 2. The van der Waals surface area contributed by atoms with Crippen LogP contribution in [-0.2, 0) is 6.42 Å². The Hall–Kier alpha value is -3.41. The molecule has 0 aliphatic rings. The van der Waals surface area contributed by atoms with Crippen molar-refractivity contribution >= 4 is 17.4 Å². The first kappa shape index (κ1) is 18.4. The van der Waals surface area contributed by atoms with E-state index < -0.39 is 0 Å². The second kappa shape index (κ2) is 8.80. The van der Waals surface area contributed by atoms with Gasteiger partial charge in [0.1, 0.15) is 23.6 Å². The summed E-state index contributed by atoms with van der Waals surface area (Å²) in [6, 6.07) is 17.4. The van der Waals surface area contributed by atoms with Gasteiger partial charge in [0.05, 0.1) is 7.11 Å². The molecule has 138 valence electrons. The van der Waals surface area contributed by atoms with Gasteiger partial charge in [-0.2, -0.15) is 0 Å². The highest BCUT2D eigenvalue weighted by Gasteiger charge is 2.09. The zero-order valence-corrected chi connectivity index (χ0v) is 15.4. The molecule has 0 atom stereocenters. The highest BCUT2D eigenvalue weighted by Crippen LogP contribution is 2.15. The normalized spacial score (nSPS) is 10.3. The Labute approximate surface area is 158 Å². The predicted octanol–water partition coefficient (Wildman–Crippen LogP) is 3.51. The Kier molecular flexibility index (Phi) is 5.99. The van der Waals surface area contributed by atoms with Gasteiger partial charge in [0.15, 0.2) is 0 Å². The number of nitrogens with one attached hydrogen (secondary N) is 2. The number of methoxy groups -OCH3 is 1. The van der Waals surface area contributed by atoms with Gasteiger partial charge in [-0.1, -0.05) is 29.8 Å². The molecular formula is C21H22N4O2. The van der Waals surface area contributed by atoms with Crippen LogP contribution >= 0.6 is 0 Å². The number of hydrogen-bond acceptors (Lipinski definition) is 5. The molecule has 6 nitrogen and oxygen atoms in total. The fraction of sp³-hybridized carbons (Fsp3) is 0.190. The lowest BCUT2D eigenvalue weighted by atomic mass is 10.1. The van der Waals surface area contributed by atoms with Gasteiger partial charge in [0.25, 0.3) is 5.91 Å². The fourth-order valence-corrected chi connectivity index (χ4v) is 2.57. The van der Waals surface area contributed by atoms with E-state index in [1.165, 1.54) is 11.9 Å². The van der Waals surface area contributed by atoms with E-state index in [4.69, 9.17) is 4.74 Å². The van der Waals surface area contributed by atoms with Crippen LogP contribution in [0.25, 0.3) is 0 Å². The van der Waals surface area contributed by atoms with Crippen LogP contribution in [0.2, 0.25) is 0 Å². The van der Waals surface area contributed by atoms with E-state index in [0.717, 1.165) is 17.0 Å². The Morgan fingerprint density at radius 3 is 2.67 bits per heavy atom. The van der Waals surface area contributed by atoms with E-state index in [0.29, 0.717) is 24.5 Å². The SMILES string of the molecule is COc1cccc(CCNC(=O)c2cc(Nc3ccc(C)cc3)ncn2)c1. The van der Waals surface area contributed by atoms with Crippen molar-refractivity contribution in [2.45, 2.75) is 13.3 Å². The second-order valence-corrected chi connectivity index (χ2v) is 6.14. The molecule has 0 radical (unpaired) electrons. The van der Waals surface area contributed by atoms with Gasteiger partial charge in [0, 0.05) is 18.3 Å². The lowest BCUT2D eigenvalue weighted by molar-refractivity contribution is 0.0949. The minimum atomic E-state index is -0.229. The van der Waals surface area contributed by atoms with Crippen molar-refractivity contribution in [1.29, 1.82) is 0 Å². The molecular weight excluding hydrogens is 340 g/mol. The maximum atomic E-state index is 12.4. The molecule has 3 rings (SSSR count). The maximum Gasteiger partial charge on any atom is 0.270 e. The van der Waals surface area contributed by atoms with E-state index in [2.05, 4.69) is 20.6 Å². The zero-order valence-electron chi connectivity index (χ0n) is 15.4. The predicted molar refractivity (Wildman–Crippen MR) is 106 cm³/mol. The molecule has 27 heavy (non-hydrogen) atoms. The third kappa shape index (κ3) is 5.28. The summed E-state index contributed by atoms with van der Waals surface area (Å²) in [6.07, 6.45) is 2.09. The number of ether oxygens (including phenoxy) is 1. The van der Waals surface area contributed by atoms with E-state index >= 15 is 0 Å². The van der Waals surface area contributed by atoms with Gasteiger partial charge < -0.3 is 15.4 Å². The number of carbonyl (C=O) groups is 1. The number of aryl methyl sites for hydroxylation is 1. The molecule has 0 saturated heterocycles. The molecule has 0 unspecified atom stereocenters. The van der Waals surface area contributed by atoms with E-state index in [-0.39, 0.29) is 5.91 Å². The molecule has 6 heteroatoms. The molecule has 3 aromatic rings. The molecule has 0 spiro atoms. The number of carbonyl (C=O) groups excluding carboxylic acids is 1. The van der Waals surface area contributed by atoms with Crippen molar-refractivity contribution in [3.8, 4) is 5.75 Å². The Balaban J connectivity index is 1.57. The smallest absolute Gasteiger partial charge is 0.270 e. The molecule has 0 saturated carbocycles. The number of nitrogens with zero attached hydrogens (tertiary/aromatic N) is 2. The van der Waals surface area contributed by atoms with Crippen LogP contribution in [0.4, 0.5) is 11.5 Å². The first-order valence-corrected chi connectivity index (χ1v) is 8.71. The molecule has 2 N–H and O–H groups in total. The van der Waals surface area contributed by atoms with Gasteiger partial charge in [-0.15, -0.1) is 0 Å². The highest BCUT2D eigenvalue weighted by molar-refractivity contribution is 5.92. The van der Waals surface area contributed by atoms with Crippen LogP contribution in [0.15, 0.2) is 60.9 Å². The number of benzene rings is 2. The summed E-state index contributed by atoms with van der Waals surface area (Å²) in [4.78, 5) is 20.6. The molecule has 0 aliphatic carbocycles. The lowest BCUT2D eigenvalue weighted by Gasteiger charge is -2.08. The van der Waals surface area contributed by atoms with Crippen molar-refractivity contribution in [1.82, 2.24) is 15.3 Å². The quantitative estimate of drug-likeness (QED) is 0.673. The summed E-state index contributed by atoms with van der Waals surface area (Å²) in [7, 11) is 1.64. The Morgan fingerprint density at radius 2 is 1.89 bits per heavy atom. The van der Waals surface area contributed by atoms with Gasteiger partial charge in [-0.05, 0) is 43.2 Å². The van der Waals surface area contributed by atoms with Gasteiger partial charge >= 0.3 is 0 Å². The standard InChI is InChI=1S/C21H22N4O2/c1-15-6-8-17(9-7-15)25-20-13-19(23-14-24-20)21(26)22-11-10-16-4-3-5-18(12-16)27-2/h3-9,12-14H,10-11H2,1-2H3,(H,22,26)(H,23,24,25). The first-order chi connectivity index (χ1) is 13.1. The Morgan fingerprint density at radius 1 is 1.07 bits per heavy atom. The number of aromatic nitrogens is 2. The zero-order chi connectivity index (χ0) is 19.1. The van der Waals surface area contributed by atoms with Crippen LogP contribution in [0.3, 0.4) is 0 Å². The molecule has 0 bridgehead atoms. The average Bonchev–Trinajstić information content (AvgIpc) is 2.70. The second-order valence-electron chi connectivity index (χ2n) is 6.14. The van der Waals surface area contributed by atoms with Crippen molar-refractivity contribution in [3.63, 3.8) is 0 Å². The van der Waals surface area contributed by atoms with E-state index in [9.17, 15) is 4.79 Å². The molecule has 0 fully saturated rings. The lowest BCUT2D eigenvalue weighted by Crippen LogP contribution is -2.26. The van der Waals surface area contributed by atoms with E-state index in [1.54, 1.807) is 13.2 Å². The monoisotopic (exact) mass is 362 g/mol. The van der Waals surface area contributed by atoms with E-state index in [1.807, 2.05) is 55.5 Å². The van der Waals surface area contributed by atoms with Crippen LogP contribution in [0, 0.1) is 6.92 Å². The topological polar surface area (TPSA) is 76.1 Å². The minimum Gasteiger partial charge on any atom is -0.497 e. The van der Waals surface area contributed by atoms with Crippen LogP contribution in [-0.4, -0.2) is 29.5 Å². The number of hydrogen-bond donors (Lipinski definition) is 2. The average molecular weight is 362 g/mol. The van der Waals surface area contributed by atoms with Crippen LogP contribution < -0.4 is 15.4 Å². The van der Waals surface area contributed by atoms with Gasteiger partial charge in [-0.25, -0.2) is 9.97 Å². The van der Waals surface area contributed by atoms with Crippen LogP contribution in [0.1, 0.15) is 21.6 Å². The summed E-state index contributed by atoms with van der Waals surface area (Å²) in [5.74, 6) is 1.15. The largest absolute Gasteiger partial charge is 0.497 e. The molecule has 1 amide bonds. The minimum absolute atomic E-state index is 0.229. The van der Waals surface area contributed by atoms with Crippen molar-refractivity contribution in [2.75, 3.05) is 19.0 Å².